The molecule has 0 bridgehead atoms. The number of rotatable bonds is 4. The molecule has 0 saturated heterocycles. The van der Waals surface area contributed by atoms with Gasteiger partial charge in [-0.15, -0.1) is 0 Å². The van der Waals surface area contributed by atoms with Gasteiger partial charge in [0, 0.05) is 13.1 Å². The Labute approximate surface area is 155 Å². The van der Waals surface area contributed by atoms with Gasteiger partial charge < -0.3 is 9.47 Å². The van der Waals surface area contributed by atoms with Crippen molar-refractivity contribution in [3.8, 4) is 5.75 Å². The van der Waals surface area contributed by atoms with Crippen LogP contribution >= 0.6 is 0 Å². The first kappa shape index (κ1) is 20.6. The van der Waals surface area contributed by atoms with Crippen LogP contribution < -0.4 is 9.64 Å². The van der Waals surface area contributed by atoms with E-state index in [0.29, 0.717) is 11.3 Å². The summed E-state index contributed by atoms with van der Waals surface area (Å²) in [5.74, 6) is 0.605. The highest BCUT2D eigenvalue weighted by atomic mass is 19.4. The highest BCUT2D eigenvalue weighted by Gasteiger charge is 2.36. The molecule has 0 fully saturated rings. The molecule has 0 atom stereocenters. The zero-order chi connectivity index (χ0) is 20.4. The molecule has 0 N–H and O–H groups in total. The van der Waals surface area contributed by atoms with Crippen molar-refractivity contribution in [3.63, 3.8) is 0 Å². The first-order valence-electron chi connectivity index (χ1n) is 8.15. The Morgan fingerprint density at radius 1 is 1.19 bits per heavy atom. The highest BCUT2D eigenvalue weighted by molar-refractivity contribution is 5.86. The van der Waals surface area contributed by atoms with Crippen molar-refractivity contribution >= 4 is 11.9 Å². The van der Waals surface area contributed by atoms with Gasteiger partial charge in [-0.1, -0.05) is 12.1 Å². The van der Waals surface area contributed by atoms with E-state index < -0.39 is 23.6 Å². The fraction of sp³-hybridized carbons (Fsp3) is 0.444. The van der Waals surface area contributed by atoms with Gasteiger partial charge in [0.25, 0.3) is 0 Å². The summed E-state index contributed by atoms with van der Waals surface area (Å²) in [6.45, 7) is 5.07. The molecule has 0 saturated carbocycles. The van der Waals surface area contributed by atoms with Gasteiger partial charge in [0.2, 0.25) is 0 Å². The van der Waals surface area contributed by atoms with E-state index in [2.05, 4.69) is 5.10 Å². The molecule has 27 heavy (non-hydrogen) atoms. The number of alkyl halides is 3. The molecular weight excluding hydrogens is 363 g/mol. The molecule has 0 aliphatic carbocycles. The van der Waals surface area contributed by atoms with E-state index in [9.17, 15) is 18.0 Å². The minimum Gasteiger partial charge on any atom is -0.497 e. The third-order valence-corrected chi connectivity index (χ3v) is 3.55. The average molecular weight is 385 g/mol. The molecule has 0 aliphatic heterocycles. The van der Waals surface area contributed by atoms with E-state index in [1.54, 1.807) is 45.0 Å². The van der Waals surface area contributed by atoms with Gasteiger partial charge in [0.15, 0.2) is 5.69 Å². The lowest BCUT2D eigenvalue weighted by Crippen LogP contribution is -2.35. The zero-order valence-corrected chi connectivity index (χ0v) is 15.8. The van der Waals surface area contributed by atoms with E-state index >= 15 is 0 Å². The molecule has 2 rings (SSSR count). The summed E-state index contributed by atoms with van der Waals surface area (Å²) in [5, 5.41) is 3.63. The van der Waals surface area contributed by atoms with Crippen LogP contribution in [0.5, 0.6) is 5.75 Å². The fourth-order valence-electron chi connectivity index (χ4n) is 2.26. The van der Waals surface area contributed by atoms with Crippen molar-refractivity contribution in [1.29, 1.82) is 0 Å². The van der Waals surface area contributed by atoms with Gasteiger partial charge in [-0.25, -0.2) is 9.48 Å². The number of methoxy groups -OCH3 is 1. The summed E-state index contributed by atoms with van der Waals surface area (Å²) in [4.78, 5) is 13.3. The quantitative estimate of drug-likeness (QED) is 0.786. The first-order chi connectivity index (χ1) is 12.4. The van der Waals surface area contributed by atoms with Gasteiger partial charge in [-0.2, -0.15) is 18.3 Å². The predicted octanol–water partition coefficient (Wildman–Crippen LogP) is 4.33. The molecule has 2 aromatic rings. The third kappa shape index (κ3) is 5.38. The number of nitrogens with zero attached hydrogens (tertiary/aromatic N) is 3. The number of carbonyl (C=O) groups is 1. The Kier molecular flexibility index (Phi) is 5.72. The summed E-state index contributed by atoms with van der Waals surface area (Å²) in [5.41, 5.74) is -1.16. The molecule has 1 aromatic heterocycles. The fourth-order valence-corrected chi connectivity index (χ4v) is 2.26. The number of carbonyl (C=O) groups excluding carboxylic acids is 1. The van der Waals surface area contributed by atoms with Crippen LogP contribution in [-0.4, -0.2) is 35.6 Å². The molecule has 1 aromatic carbocycles. The lowest BCUT2D eigenvalue weighted by Gasteiger charge is -2.24. The van der Waals surface area contributed by atoms with Crippen LogP contribution in [0.3, 0.4) is 0 Å². The number of hydrogen-bond donors (Lipinski definition) is 0. The van der Waals surface area contributed by atoms with E-state index in [4.69, 9.17) is 9.47 Å². The van der Waals surface area contributed by atoms with Gasteiger partial charge in [0.1, 0.15) is 17.2 Å². The number of amides is 1. The van der Waals surface area contributed by atoms with Gasteiger partial charge in [-0.3, -0.25) is 4.90 Å². The number of aromatic nitrogens is 2. The zero-order valence-electron chi connectivity index (χ0n) is 15.8. The topological polar surface area (TPSA) is 56.6 Å². The van der Waals surface area contributed by atoms with Crippen molar-refractivity contribution < 1.29 is 27.4 Å². The second-order valence-corrected chi connectivity index (χ2v) is 6.93. The Hall–Kier alpha value is -2.71. The molecule has 0 unspecified atom stereocenters. The molecule has 0 radical (unpaired) electrons. The van der Waals surface area contributed by atoms with E-state index in [1.165, 1.54) is 14.2 Å². The van der Waals surface area contributed by atoms with E-state index in [1.807, 2.05) is 0 Å². The van der Waals surface area contributed by atoms with Crippen molar-refractivity contribution in [2.45, 2.75) is 39.1 Å². The van der Waals surface area contributed by atoms with E-state index in [-0.39, 0.29) is 12.4 Å². The van der Waals surface area contributed by atoms with Crippen LogP contribution in [0.25, 0.3) is 0 Å². The number of ether oxygens (including phenoxy) is 2. The number of hydrogen-bond acceptors (Lipinski definition) is 4. The number of halogens is 3. The Morgan fingerprint density at radius 3 is 2.26 bits per heavy atom. The lowest BCUT2D eigenvalue weighted by atomic mass is 10.2. The van der Waals surface area contributed by atoms with Crippen LogP contribution in [0.2, 0.25) is 0 Å². The van der Waals surface area contributed by atoms with Gasteiger partial charge >= 0.3 is 12.3 Å². The average Bonchev–Trinajstić information content (AvgIpc) is 2.97. The molecule has 148 valence electrons. The van der Waals surface area contributed by atoms with Crippen molar-refractivity contribution in [3.05, 3.63) is 41.6 Å². The first-order valence-corrected chi connectivity index (χ1v) is 8.15. The molecule has 1 amide bonds. The van der Waals surface area contributed by atoms with Crippen LogP contribution in [0, 0.1) is 0 Å². The summed E-state index contributed by atoms with van der Waals surface area (Å²) < 4.78 is 50.8. The Balaban J connectivity index is 2.36. The SMILES string of the molecule is COc1ccc(Cn2nc(C(F)(F)F)cc2N(C)C(=O)OC(C)(C)C)cc1. The maximum absolute atomic E-state index is 13.1. The van der Waals surface area contributed by atoms with Crippen LogP contribution in [0.4, 0.5) is 23.8 Å². The van der Waals surface area contributed by atoms with Crippen LogP contribution in [-0.2, 0) is 17.5 Å². The van der Waals surface area contributed by atoms with Crippen molar-refractivity contribution in [1.82, 2.24) is 9.78 Å². The summed E-state index contributed by atoms with van der Waals surface area (Å²) in [7, 11) is 2.86. The maximum atomic E-state index is 13.1. The minimum absolute atomic E-state index is 0.0209. The highest BCUT2D eigenvalue weighted by Crippen LogP contribution is 2.31. The molecule has 6 nitrogen and oxygen atoms in total. The minimum atomic E-state index is -4.63. The van der Waals surface area contributed by atoms with Gasteiger partial charge in [0.05, 0.1) is 13.7 Å². The van der Waals surface area contributed by atoms with E-state index in [0.717, 1.165) is 15.6 Å². The number of benzene rings is 1. The van der Waals surface area contributed by atoms with Crippen LogP contribution in [0.1, 0.15) is 32.0 Å². The smallest absolute Gasteiger partial charge is 0.435 e. The second-order valence-electron chi connectivity index (χ2n) is 6.93. The standard InChI is InChI=1S/C18H22F3N3O3/c1-17(2,3)27-16(25)23(4)15-10-14(18(19,20)21)22-24(15)11-12-6-8-13(26-5)9-7-12/h6-10H,11H2,1-5H3. The second kappa shape index (κ2) is 7.50. The van der Waals surface area contributed by atoms with Crippen molar-refractivity contribution in [2.24, 2.45) is 0 Å². The number of anilines is 1. The van der Waals surface area contributed by atoms with Crippen LogP contribution in [0.15, 0.2) is 30.3 Å². The lowest BCUT2D eigenvalue weighted by molar-refractivity contribution is -0.141. The summed E-state index contributed by atoms with van der Waals surface area (Å²) >= 11 is 0. The molecular formula is C18H22F3N3O3. The molecule has 0 aliphatic rings. The van der Waals surface area contributed by atoms with Crippen molar-refractivity contribution in [2.75, 3.05) is 19.1 Å². The predicted molar refractivity (Wildman–Crippen MR) is 94.0 cm³/mol. The monoisotopic (exact) mass is 385 g/mol. The normalized spacial score (nSPS) is 12.0. The largest absolute Gasteiger partial charge is 0.497 e. The summed E-state index contributed by atoms with van der Waals surface area (Å²) in [6.07, 6.45) is -5.40. The Morgan fingerprint density at radius 2 is 1.78 bits per heavy atom. The maximum Gasteiger partial charge on any atom is 0.435 e. The molecule has 9 heteroatoms. The van der Waals surface area contributed by atoms with Gasteiger partial charge in [-0.05, 0) is 38.5 Å². The summed E-state index contributed by atoms with van der Waals surface area (Å²) in [6, 6.07) is 7.64. The molecule has 1 heterocycles. The third-order valence-electron chi connectivity index (χ3n) is 3.55. The molecule has 0 spiro atoms. The Bertz CT molecular complexity index is 793.